The Labute approximate surface area is 143 Å². The Bertz CT molecular complexity index is 721. The molecule has 2 N–H and O–H groups in total. The number of anilines is 2. The van der Waals surface area contributed by atoms with Gasteiger partial charge in [0.25, 0.3) is 0 Å². The van der Waals surface area contributed by atoms with Crippen LogP contribution < -0.4 is 20.1 Å². The molecule has 0 aromatic heterocycles. The van der Waals surface area contributed by atoms with Crippen molar-refractivity contribution < 1.29 is 14.3 Å². The average Bonchev–Trinajstić information content (AvgIpc) is 2.54. The molecule has 1 amide bonds. The number of ether oxygens (including phenoxy) is 2. The van der Waals surface area contributed by atoms with Gasteiger partial charge in [-0.3, -0.25) is 4.79 Å². The van der Waals surface area contributed by atoms with Crippen molar-refractivity contribution in [2.75, 3.05) is 23.8 Å². The zero-order valence-corrected chi connectivity index (χ0v) is 14.2. The van der Waals surface area contributed by atoms with Gasteiger partial charge in [-0.1, -0.05) is 22.0 Å². The Balaban J connectivity index is 1.64. The van der Waals surface area contributed by atoms with Gasteiger partial charge >= 0.3 is 0 Å². The third-order valence-corrected chi connectivity index (χ3v) is 3.90. The Hall–Kier alpha value is -2.21. The van der Waals surface area contributed by atoms with Crippen LogP contribution in [0.4, 0.5) is 11.4 Å². The van der Waals surface area contributed by atoms with E-state index in [2.05, 4.69) is 26.6 Å². The molecule has 1 aliphatic heterocycles. The molecule has 1 unspecified atom stereocenters. The highest BCUT2D eigenvalue weighted by Gasteiger charge is 2.16. The number of carbonyl (C=O) groups excluding carboxylic acids is 1. The average molecular weight is 377 g/mol. The zero-order chi connectivity index (χ0) is 16.2. The van der Waals surface area contributed by atoms with Gasteiger partial charge in [0.2, 0.25) is 5.91 Å². The molecule has 3 rings (SSSR count). The topological polar surface area (TPSA) is 59.6 Å². The van der Waals surface area contributed by atoms with Crippen molar-refractivity contribution in [1.29, 1.82) is 0 Å². The summed E-state index contributed by atoms with van der Waals surface area (Å²) in [4.78, 5) is 12.3. The maximum absolute atomic E-state index is 12.3. The predicted octanol–water partition coefficient (Wildman–Crippen LogP) is 3.66. The van der Waals surface area contributed by atoms with Gasteiger partial charge in [0, 0.05) is 21.9 Å². The lowest BCUT2D eigenvalue weighted by molar-refractivity contribution is -0.116. The van der Waals surface area contributed by atoms with Gasteiger partial charge in [0.15, 0.2) is 11.5 Å². The molecule has 120 valence electrons. The number of rotatable bonds is 4. The van der Waals surface area contributed by atoms with E-state index < -0.39 is 6.04 Å². The van der Waals surface area contributed by atoms with Crippen molar-refractivity contribution >= 4 is 33.2 Å². The van der Waals surface area contributed by atoms with Crippen molar-refractivity contribution in [1.82, 2.24) is 0 Å². The molecule has 0 bridgehead atoms. The van der Waals surface area contributed by atoms with E-state index in [1.807, 2.05) is 49.4 Å². The molecule has 5 nitrogen and oxygen atoms in total. The summed E-state index contributed by atoms with van der Waals surface area (Å²) in [6.07, 6.45) is 0. The minimum atomic E-state index is -0.392. The van der Waals surface area contributed by atoms with Crippen LogP contribution in [-0.2, 0) is 4.79 Å². The first kappa shape index (κ1) is 15.7. The number of fused-ring (bicyclic) bond motifs is 1. The third kappa shape index (κ3) is 3.96. The summed E-state index contributed by atoms with van der Waals surface area (Å²) < 4.78 is 11.9. The number of hydrogen-bond donors (Lipinski definition) is 2. The van der Waals surface area contributed by atoms with Crippen LogP contribution in [0.5, 0.6) is 11.5 Å². The van der Waals surface area contributed by atoms with Crippen molar-refractivity contribution in [2.45, 2.75) is 13.0 Å². The van der Waals surface area contributed by atoms with E-state index in [9.17, 15) is 4.79 Å². The number of halogens is 1. The Morgan fingerprint density at radius 1 is 1.09 bits per heavy atom. The second-order valence-corrected chi connectivity index (χ2v) is 6.14. The molecular formula is C17H17BrN2O3. The van der Waals surface area contributed by atoms with E-state index >= 15 is 0 Å². The molecule has 1 heterocycles. The SMILES string of the molecule is CC(Nc1ccc2c(c1)OCCO2)C(=O)Nc1cccc(Br)c1. The molecule has 1 aliphatic rings. The van der Waals surface area contributed by atoms with Gasteiger partial charge in [-0.15, -0.1) is 0 Å². The summed E-state index contributed by atoms with van der Waals surface area (Å²) >= 11 is 3.39. The Morgan fingerprint density at radius 2 is 1.87 bits per heavy atom. The molecule has 1 atom stereocenters. The van der Waals surface area contributed by atoms with Crippen molar-refractivity contribution in [3.63, 3.8) is 0 Å². The minimum absolute atomic E-state index is 0.113. The first-order valence-corrected chi connectivity index (χ1v) is 8.14. The molecule has 6 heteroatoms. The Morgan fingerprint density at radius 3 is 2.65 bits per heavy atom. The van der Waals surface area contributed by atoms with E-state index in [-0.39, 0.29) is 5.91 Å². The van der Waals surface area contributed by atoms with Crippen LogP contribution in [0, 0.1) is 0 Å². The molecular weight excluding hydrogens is 360 g/mol. The highest BCUT2D eigenvalue weighted by atomic mass is 79.9. The van der Waals surface area contributed by atoms with Crippen LogP contribution in [-0.4, -0.2) is 25.2 Å². The van der Waals surface area contributed by atoms with Gasteiger partial charge in [-0.25, -0.2) is 0 Å². The quantitative estimate of drug-likeness (QED) is 0.854. The third-order valence-electron chi connectivity index (χ3n) is 3.41. The predicted molar refractivity (Wildman–Crippen MR) is 93.3 cm³/mol. The second-order valence-electron chi connectivity index (χ2n) is 5.22. The molecule has 2 aromatic rings. The molecule has 0 saturated carbocycles. The monoisotopic (exact) mass is 376 g/mol. The molecule has 2 aromatic carbocycles. The maximum Gasteiger partial charge on any atom is 0.246 e. The van der Waals surface area contributed by atoms with E-state index in [4.69, 9.17) is 9.47 Å². The summed E-state index contributed by atoms with van der Waals surface area (Å²) in [7, 11) is 0. The normalized spacial score (nSPS) is 14.0. The fourth-order valence-corrected chi connectivity index (χ4v) is 2.66. The summed E-state index contributed by atoms with van der Waals surface area (Å²) in [6.45, 7) is 2.91. The second kappa shape index (κ2) is 6.91. The largest absolute Gasteiger partial charge is 0.486 e. The number of hydrogen-bond acceptors (Lipinski definition) is 4. The summed E-state index contributed by atoms with van der Waals surface area (Å²) in [6, 6.07) is 12.7. The van der Waals surface area contributed by atoms with E-state index in [1.165, 1.54) is 0 Å². The van der Waals surface area contributed by atoms with Crippen molar-refractivity contribution in [3.8, 4) is 11.5 Å². The van der Waals surface area contributed by atoms with Crippen LogP contribution >= 0.6 is 15.9 Å². The summed E-state index contributed by atoms with van der Waals surface area (Å²) in [5, 5.41) is 6.05. The van der Waals surface area contributed by atoms with Crippen LogP contribution in [0.1, 0.15) is 6.92 Å². The molecule has 0 fully saturated rings. The highest BCUT2D eigenvalue weighted by molar-refractivity contribution is 9.10. The van der Waals surface area contributed by atoms with Gasteiger partial charge in [0.05, 0.1) is 0 Å². The van der Waals surface area contributed by atoms with Crippen LogP contribution in [0.2, 0.25) is 0 Å². The maximum atomic E-state index is 12.3. The smallest absolute Gasteiger partial charge is 0.246 e. The molecule has 0 saturated heterocycles. The van der Waals surface area contributed by atoms with Crippen molar-refractivity contribution in [3.05, 3.63) is 46.9 Å². The number of amides is 1. The lowest BCUT2D eigenvalue weighted by atomic mass is 10.2. The van der Waals surface area contributed by atoms with Crippen LogP contribution in [0.3, 0.4) is 0 Å². The number of benzene rings is 2. The fourth-order valence-electron chi connectivity index (χ4n) is 2.27. The minimum Gasteiger partial charge on any atom is -0.486 e. The molecule has 0 spiro atoms. The Kier molecular flexibility index (Phi) is 4.71. The number of carbonyl (C=O) groups is 1. The summed E-state index contributed by atoms with van der Waals surface area (Å²) in [5.74, 6) is 1.31. The first-order chi connectivity index (χ1) is 11.1. The number of nitrogens with one attached hydrogen (secondary N) is 2. The van der Waals surface area contributed by atoms with Crippen LogP contribution in [0.25, 0.3) is 0 Å². The van der Waals surface area contributed by atoms with Gasteiger partial charge in [0.1, 0.15) is 19.3 Å². The fraction of sp³-hybridized carbons (Fsp3) is 0.235. The zero-order valence-electron chi connectivity index (χ0n) is 12.6. The molecule has 23 heavy (non-hydrogen) atoms. The van der Waals surface area contributed by atoms with Crippen molar-refractivity contribution in [2.24, 2.45) is 0 Å². The van der Waals surface area contributed by atoms with Gasteiger partial charge in [-0.05, 0) is 37.3 Å². The van der Waals surface area contributed by atoms with Gasteiger partial charge in [-0.2, -0.15) is 0 Å². The highest BCUT2D eigenvalue weighted by Crippen LogP contribution is 2.32. The standard InChI is InChI=1S/C17H17BrN2O3/c1-11(17(21)20-13-4-2-3-12(18)9-13)19-14-5-6-15-16(10-14)23-8-7-22-15/h2-6,9-11,19H,7-8H2,1H3,(H,20,21). The van der Waals surface area contributed by atoms with E-state index in [0.29, 0.717) is 19.0 Å². The lowest BCUT2D eigenvalue weighted by Crippen LogP contribution is -2.31. The van der Waals surface area contributed by atoms with E-state index in [1.54, 1.807) is 0 Å². The lowest BCUT2D eigenvalue weighted by Gasteiger charge is -2.20. The molecule has 0 radical (unpaired) electrons. The molecule has 0 aliphatic carbocycles. The van der Waals surface area contributed by atoms with E-state index in [0.717, 1.165) is 21.6 Å². The van der Waals surface area contributed by atoms with Gasteiger partial charge < -0.3 is 20.1 Å². The van der Waals surface area contributed by atoms with Crippen LogP contribution in [0.15, 0.2) is 46.9 Å². The summed E-state index contributed by atoms with van der Waals surface area (Å²) in [5.41, 5.74) is 1.56. The first-order valence-electron chi connectivity index (χ1n) is 7.34.